The largest absolute Gasteiger partial charge is 0.279 e. The number of hydrogen-bond acceptors (Lipinski definition) is 1. The first-order valence-electron chi connectivity index (χ1n) is 11.1. The van der Waals surface area contributed by atoms with Crippen LogP contribution in [0.15, 0.2) is 54.6 Å². The molecule has 2 nitrogen and oxygen atoms in total. The number of nitrogens with zero attached hydrogens (tertiary/aromatic N) is 1. The van der Waals surface area contributed by atoms with E-state index in [9.17, 15) is 8.78 Å². The van der Waals surface area contributed by atoms with Crippen molar-refractivity contribution < 1.29 is 8.78 Å². The molecule has 3 rings (SSSR count). The lowest BCUT2D eigenvalue weighted by molar-refractivity contribution is 0.579. The van der Waals surface area contributed by atoms with Gasteiger partial charge in [0.25, 0.3) is 0 Å². The second-order valence-corrected chi connectivity index (χ2v) is 8.99. The minimum absolute atomic E-state index is 0.147. The highest BCUT2D eigenvalue weighted by Crippen LogP contribution is 2.20. The number of rotatable bonds is 4. The van der Waals surface area contributed by atoms with E-state index in [0.717, 1.165) is 11.3 Å². The van der Waals surface area contributed by atoms with E-state index in [1.165, 1.54) is 23.3 Å². The van der Waals surface area contributed by atoms with E-state index in [0.29, 0.717) is 23.7 Å². The summed E-state index contributed by atoms with van der Waals surface area (Å²) in [6, 6.07) is 17.0. The summed E-state index contributed by atoms with van der Waals surface area (Å²) >= 11 is 0. The summed E-state index contributed by atoms with van der Waals surface area (Å²) in [5.41, 5.74) is 4.79. The SMILES string of the molecule is CC(C)c1cc(F)n[nH]1.CC(C)c1cccc(C(C)C)c1.CC(C)c1cccc(F)c1. The van der Waals surface area contributed by atoms with Gasteiger partial charge in [-0.1, -0.05) is 91.8 Å². The maximum absolute atomic E-state index is 12.5. The zero-order valence-corrected chi connectivity index (χ0v) is 20.2. The molecule has 0 saturated heterocycles. The molecule has 1 aromatic heterocycles. The molecule has 0 amide bonds. The summed E-state index contributed by atoms with van der Waals surface area (Å²) in [5, 5.41) is 5.93. The predicted octanol–water partition coefficient (Wildman–Crippen LogP) is 8.55. The molecule has 4 heteroatoms. The molecule has 2 aromatic carbocycles. The first-order chi connectivity index (χ1) is 14.5. The summed E-state index contributed by atoms with van der Waals surface area (Å²) in [5.74, 6) is 1.44. The summed E-state index contributed by atoms with van der Waals surface area (Å²) in [7, 11) is 0. The van der Waals surface area contributed by atoms with Gasteiger partial charge in [-0.15, -0.1) is 5.10 Å². The standard InChI is InChI=1S/C12H18.C9H11F.C6H9FN2/c1-9(2)11-6-5-7-12(8-11)10(3)4;1-7(2)8-4-3-5-9(10)6-8;1-4(2)5-3-6(7)9-8-5/h5-10H,1-4H3;3-7H,1-2H3;3-4H,1-2H3,(H,8,9). The maximum atomic E-state index is 12.5. The normalized spacial score (nSPS) is 10.8. The molecule has 3 aromatic rings. The van der Waals surface area contributed by atoms with Crippen LogP contribution in [-0.2, 0) is 0 Å². The van der Waals surface area contributed by atoms with Gasteiger partial charge in [0.2, 0.25) is 5.95 Å². The van der Waals surface area contributed by atoms with Crippen LogP contribution in [0.5, 0.6) is 0 Å². The number of benzene rings is 2. The Bertz CT molecular complexity index is 872. The Morgan fingerprint density at radius 1 is 0.613 bits per heavy atom. The van der Waals surface area contributed by atoms with Crippen molar-refractivity contribution in [3.8, 4) is 0 Å². The van der Waals surface area contributed by atoms with Crippen LogP contribution in [0.3, 0.4) is 0 Å². The lowest BCUT2D eigenvalue weighted by atomic mass is 9.96. The van der Waals surface area contributed by atoms with E-state index in [2.05, 4.69) is 76.0 Å². The third-order valence-corrected chi connectivity index (χ3v) is 4.95. The molecule has 0 atom stereocenters. The van der Waals surface area contributed by atoms with E-state index in [4.69, 9.17) is 0 Å². The van der Waals surface area contributed by atoms with Crippen LogP contribution in [-0.4, -0.2) is 10.2 Å². The lowest BCUT2D eigenvalue weighted by Crippen LogP contribution is -1.91. The van der Waals surface area contributed by atoms with Crippen molar-refractivity contribution in [2.24, 2.45) is 0 Å². The van der Waals surface area contributed by atoms with Crippen molar-refractivity contribution in [1.29, 1.82) is 0 Å². The fourth-order valence-corrected chi connectivity index (χ4v) is 2.75. The zero-order chi connectivity index (χ0) is 23.6. The van der Waals surface area contributed by atoms with E-state index >= 15 is 0 Å². The molecule has 0 aliphatic rings. The van der Waals surface area contributed by atoms with Crippen molar-refractivity contribution in [1.82, 2.24) is 10.2 Å². The third kappa shape index (κ3) is 9.91. The molecule has 1 N–H and O–H groups in total. The second-order valence-electron chi connectivity index (χ2n) is 8.99. The molecule has 1 heterocycles. The highest BCUT2D eigenvalue weighted by molar-refractivity contribution is 5.27. The highest BCUT2D eigenvalue weighted by atomic mass is 19.1. The summed E-state index contributed by atoms with van der Waals surface area (Å²) in [6.45, 7) is 17.0. The van der Waals surface area contributed by atoms with Crippen LogP contribution in [0.1, 0.15) is 101 Å². The summed E-state index contributed by atoms with van der Waals surface area (Å²) in [6.07, 6.45) is 0. The van der Waals surface area contributed by atoms with Gasteiger partial charge in [-0.3, -0.25) is 5.10 Å². The number of hydrogen-bond donors (Lipinski definition) is 1. The number of nitrogens with one attached hydrogen (secondary N) is 1. The highest BCUT2D eigenvalue weighted by Gasteiger charge is 2.03. The smallest absolute Gasteiger partial charge is 0.232 e. The van der Waals surface area contributed by atoms with Gasteiger partial charge in [0, 0.05) is 11.8 Å². The summed E-state index contributed by atoms with van der Waals surface area (Å²) in [4.78, 5) is 0. The van der Waals surface area contributed by atoms with Gasteiger partial charge in [0.05, 0.1) is 0 Å². The van der Waals surface area contributed by atoms with Crippen LogP contribution in [0.4, 0.5) is 8.78 Å². The molecule has 0 spiro atoms. The molecule has 0 bridgehead atoms. The molecule has 170 valence electrons. The summed E-state index contributed by atoms with van der Waals surface area (Å²) < 4.78 is 24.7. The monoisotopic (exact) mass is 428 g/mol. The van der Waals surface area contributed by atoms with Gasteiger partial charge in [-0.25, -0.2) is 4.39 Å². The molecule has 0 aliphatic carbocycles. The van der Waals surface area contributed by atoms with Crippen LogP contribution < -0.4 is 0 Å². The van der Waals surface area contributed by atoms with Crippen LogP contribution in [0.25, 0.3) is 0 Å². The minimum Gasteiger partial charge on any atom is -0.279 e. The van der Waals surface area contributed by atoms with Crippen molar-refractivity contribution in [3.05, 3.63) is 88.7 Å². The Morgan fingerprint density at radius 2 is 1.06 bits per heavy atom. The van der Waals surface area contributed by atoms with Crippen molar-refractivity contribution in [3.63, 3.8) is 0 Å². The zero-order valence-electron chi connectivity index (χ0n) is 20.2. The molecular weight excluding hydrogens is 390 g/mol. The first kappa shape index (κ1) is 26.5. The van der Waals surface area contributed by atoms with Crippen LogP contribution in [0.2, 0.25) is 0 Å². The van der Waals surface area contributed by atoms with Crippen molar-refractivity contribution in [2.75, 3.05) is 0 Å². The Morgan fingerprint density at radius 3 is 1.35 bits per heavy atom. The topological polar surface area (TPSA) is 28.7 Å². The molecule has 0 fully saturated rings. The first-order valence-corrected chi connectivity index (χ1v) is 11.1. The molecule has 0 radical (unpaired) electrons. The maximum Gasteiger partial charge on any atom is 0.232 e. The molecule has 0 aliphatic heterocycles. The van der Waals surface area contributed by atoms with Gasteiger partial charge in [0.1, 0.15) is 5.82 Å². The van der Waals surface area contributed by atoms with Gasteiger partial charge in [0.15, 0.2) is 0 Å². The van der Waals surface area contributed by atoms with Crippen molar-refractivity contribution in [2.45, 2.75) is 79.1 Å². The van der Waals surface area contributed by atoms with Gasteiger partial charge >= 0.3 is 0 Å². The number of aromatic amines is 1. The Hall–Kier alpha value is -2.49. The predicted molar refractivity (Wildman–Crippen MR) is 128 cm³/mol. The average molecular weight is 429 g/mol. The molecular formula is C27H38F2N2. The van der Waals surface area contributed by atoms with E-state index in [1.54, 1.807) is 12.1 Å². The molecule has 0 unspecified atom stereocenters. The van der Waals surface area contributed by atoms with Gasteiger partial charge in [-0.05, 0) is 52.5 Å². The fraction of sp³-hybridized carbons (Fsp3) is 0.444. The number of halogens is 2. The van der Waals surface area contributed by atoms with E-state index in [-0.39, 0.29) is 5.82 Å². The number of H-pyrrole nitrogens is 1. The quantitative estimate of drug-likeness (QED) is 0.443. The Kier molecular flexibility index (Phi) is 11.2. The molecule has 31 heavy (non-hydrogen) atoms. The Labute approximate surface area is 187 Å². The van der Waals surface area contributed by atoms with Crippen LogP contribution >= 0.6 is 0 Å². The van der Waals surface area contributed by atoms with Crippen LogP contribution in [0, 0.1) is 11.8 Å². The van der Waals surface area contributed by atoms with E-state index < -0.39 is 5.95 Å². The number of aromatic nitrogens is 2. The third-order valence-electron chi connectivity index (χ3n) is 4.95. The minimum atomic E-state index is -0.432. The second kappa shape index (κ2) is 13.0. The fourth-order valence-electron chi connectivity index (χ4n) is 2.75. The Balaban J connectivity index is 0.000000235. The van der Waals surface area contributed by atoms with E-state index in [1.807, 2.05) is 19.9 Å². The van der Waals surface area contributed by atoms with Gasteiger partial charge in [-0.2, -0.15) is 4.39 Å². The van der Waals surface area contributed by atoms with Crippen molar-refractivity contribution >= 4 is 0 Å². The molecule has 0 saturated carbocycles. The lowest BCUT2D eigenvalue weighted by Gasteiger charge is -2.09. The average Bonchev–Trinajstić information content (AvgIpc) is 3.16. The van der Waals surface area contributed by atoms with Gasteiger partial charge < -0.3 is 0 Å².